The maximum atomic E-state index is 11.8. The lowest BCUT2D eigenvalue weighted by atomic mass is 9.90. The summed E-state index contributed by atoms with van der Waals surface area (Å²) in [6, 6.07) is 7.57. The molecule has 0 saturated carbocycles. The number of hydrogen-bond acceptors (Lipinski definition) is 5. The maximum Gasteiger partial charge on any atom is 0.407 e. The fourth-order valence-electron chi connectivity index (χ4n) is 4.08. The van der Waals surface area contributed by atoms with E-state index < -0.39 is 15.9 Å². The van der Waals surface area contributed by atoms with Gasteiger partial charge in [-0.05, 0) is 49.4 Å². The molecule has 1 aliphatic heterocycles. The van der Waals surface area contributed by atoms with E-state index in [1.807, 2.05) is 36.0 Å². The van der Waals surface area contributed by atoms with E-state index >= 15 is 0 Å². The van der Waals surface area contributed by atoms with Gasteiger partial charge >= 0.3 is 6.09 Å². The fraction of sp³-hybridized carbons (Fsp3) is 0.381. The van der Waals surface area contributed by atoms with Crippen LogP contribution in [0.2, 0.25) is 0 Å². The third-order valence-electron chi connectivity index (χ3n) is 5.69. The van der Waals surface area contributed by atoms with Crippen molar-refractivity contribution in [1.82, 2.24) is 19.4 Å². The lowest BCUT2D eigenvalue weighted by molar-refractivity contribution is 0.132. The van der Waals surface area contributed by atoms with Gasteiger partial charge in [-0.3, -0.25) is 4.98 Å². The molecule has 4 heterocycles. The molecule has 0 unspecified atom stereocenters. The monoisotopic (exact) mass is 428 g/mol. The van der Waals surface area contributed by atoms with Crippen molar-refractivity contribution < 1.29 is 18.3 Å². The highest BCUT2D eigenvalue weighted by atomic mass is 32.2. The quantitative estimate of drug-likeness (QED) is 0.685. The molecule has 0 atom stereocenters. The van der Waals surface area contributed by atoms with Crippen LogP contribution in [0.3, 0.4) is 0 Å². The number of piperidine rings is 1. The number of aryl methyl sites for hydroxylation is 1. The number of aromatic nitrogens is 3. The number of pyridine rings is 2. The van der Waals surface area contributed by atoms with Crippen LogP contribution in [0.5, 0.6) is 0 Å². The van der Waals surface area contributed by atoms with Crippen LogP contribution in [0.4, 0.5) is 4.79 Å². The summed E-state index contributed by atoms with van der Waals surface area (Å²) in [7, 11) is -3.36. The highest BCUT2D eigenvalue weighted by Crippen LogP contribution is 2.28. The number of rotatable bonds is 4. The van der Waals surface area contributed by atoms with Crippen molar-refractivity contribution in [2.45, 2.75) is 37.3 Å². The number of carbonyl (C=O) groups is 1. The van der Waals surface area contributed by atoms with Gasteiger partial charge in [0.2, 0.25) is 0 Å². The third kappa shape index (κ3) is 4.02. The highest BCUT2D eigenvalue weighted by Gasteiger charge is 2.23. The summed E-state index contributed by atoms with van der Waals surface area (Å²) in [5.74, 6) is 0.329. The Balaban J connectivity index is 1.51. The Labute approximate surface area is 175 Å². The van der Waals surface area contributed by atoms with E-state index in [1.54, 1.807) is 6.07 Å². The van der Waals surface area contributed by atoms with E-state index in [4.69, 9.17) is 5.11 Å². The molecule has 9 heteroatoms. The number of hydrogen-bond donors (Lipinski definition) is 1. The molecule has 0 radical (unpaired) electrons. The summed E-state index contributed by atoms with van der Waals surface area (Å²) < 4.78 is 25.7. The molecule has 3 aromatic heterocycles. The number of likely N-dealkylation sites (tertiary alicyclic amines) is 1. The van der Waals surface area contributed by atoms with Gasteiger partial charge in [0.05, 0.1) is 23.4 Å². The zero-order valence-corrected chi connectivity index (χ0v) is 17.8. The van der Waals surface area contributed by atoms with Crippen molar-refractivity contribution in [3.05, 3.63) is 53.6 Å². The molecule has 3 aromatic rings. The molecule has 1 fully saturated rings. The molecule has 0 spiro atoms. The van der Waals surface area contributed by atoms with Crippen molar-refractivity contribution in [2.75, 3.05) is 19.3 Å². The zero-order valence-electron chi connectivity index (χ0n) is 16.9. The zero-order chi connectivity index (χ0) is 21.5. The Morgan fingerprint density at radius 1 is 1.23 bits per heavy atom. The van der Waals surface area contributed by atoms with Crippen LogP contribution in [0, 0.1) is 6.92 Å². The molecule has 1 saturated heterocycles. The molecule has 4 rings (SSSR count). The lowest BCUT2D eigenvalue weighted by Gasteiger charge is -2.30. The Kier molecular flexibility index (Phi) is 5.23. The minimum absolute atomic E-state index is 0.0849. The molecule has 0 bridgehead atoms. The van der Waals surface area contributed by atoms with Gasteiger partial charge < -0.3 is 14.6 Å². The van der Waals surface area contributed by atoms with Crippen LogP contribution in [-0.4, -0.2) is 58.4 Å². The molecule has 0 aromatic carbocycles. The second kappa shape index (κ2) is 7.71. The minimum atomic E-state index is -3.36. The first-order chi connectivity index (χ1) is 14.2. The van der Waals surface area contributed by atoms with Gasteiger partial charge in [0, 0.05) is 37.1 Å². The molecular weight excluding hydrogens is 404 g/mol. The molecular formula is C21H24N4O4S. The van der Waals surface area contributed by atoms with Crippen LogP contribution in [0.15, 0.2) is 41.7 Å². The Hall–Kier alpha value is -2.94. The van der Waals surface area contributed by atoms with Crippen LogP contribution in [0.25, 0.3) is 10.9 Å². The smallest absolute Gasteiger partial charge is 0.407 e. The SMILES string of the molecule is Cc1nc(S(C)(=O)=O)cc2ccn(Cc3ccc(C4CCN(C(=O)O)CC4)cn3)c12. The average molecular weight is 429 g/mol. The van der Waals surface area contributed by atoms with Crippen LogP contribution in [0.1, 0.15) is 35.7 Å². The third-order valence-corrected chi connectivity index (χ3v) is 6.66. The first kappa shape index (κ1) is 20.3. The summed E-state index contributed by atoms with van der Waals surface area (Å²) in [4.78, 5) is 21.4. The minimum Gasteiger partial charge on any atom is -0.465 e. The summed E-state index contributed by atoms with van der Waals surface area (Å²) >= 11 is 0. The van der Waals surface area contributed by atoms with Gasteiger partial charge in [-0.25, -0.2) is 18.2 Å². The molecule has 0 aliphatic carbocycles. The predicted octanol–water partition coefficient (Wildman–Crippen LogP) is 3.05. The van der Waals surface area contributed by atoms with Crippen molar-refractivity contribution >= 4 is 26.8 Å². The Morgan fingerprint density at radius 2 is 1.97 bits per heavy atom. The van der Waals surface area contributed by atoms with Gasteiger partial charge in [0.1, 0.15) is 0 Å². The van der Waals surface area contributed by atoms with Gasteiger partial charge in [0.15, 0.2) is 14.9 Å². The lowest BCUT2D eigenvalue weighted by Crippen LogP contribution is -2.36. The second-order valence-electron chi connectivity index (χ2n) is 7.83. The van der Waals surface area contributed by atoms with Crippen LogP contribution >= 0.6 is 0 Å². The van der Waals surface area contributed by atoms with Crippen molar-refractivity contribution in [2.24, 2.45) is 0 Å². The molecule has 1 amide bonds. The van der Waals surface area contributed by atoms with Crippen LogP contribution in [-0.2, 0) is 16.4 Å². The molecule has 1 N–H and O–H groups in total. The van der Waals surface area contributed by atoms with Crippen molar-refractivity contribution in [3.63, 3.8) is 0 Å². The molecule has 158 valence electrons. The van der Waals surface area contributed by atoms with E-state index in [9.17, 15) is 13.2 Å². The maximum absolute atomic E-state index is 11.8. The summed E-state index contributed by atoms with van der Waals surface area (Å²) in [5, 5.41) is 10.0. The highest BCUT2D eigenvalue weighted by molar-refractivity contribution is 7.90. The van der Waals surface area contributed by atoms with E-state index in [0.29, 0.717) is 31.2 Å². The van der Waals surface area contributed by atoms with Gasteiger partial charge in [0.25, 0.3) is 0 Å². The second-order valence-corrected chi connectivity index (χ2v) is 9.79. The van der Waals surface area contributed by atoms with Crippen LogP contribution < -0.4 is 0 Å². The van der Waals surface area contributed by atoms with Gasteiger partial charge in [-0.15, -0.1) is 0 Å². The molecule has 1 aliphatic rings. The van der Waals surface area contributed by atoms with Crippen molar-refractivity contribution in [3.8, 4) is 0 Å². The average Bonchev–Trinajstić information content (AvgIpc) is 3.11. The number of sulfone groups is 1. The summed E-state index contributed by atoms with van der Waals surface area (Å²) in [6.07, 6.45) is 5.73. The standard InChI is InChI=1S/C21H24N4O4S/c1-14-20-16(11-19(23-14)30(2,28)29)7-10-25(20)13-18-4-3-17(12-22-18)15-5-8-24(9-6-15)21(26)27/h3-4,7,10-12,15H,5-6,8-9,13H2,1-2H3,(H,26,27). The Bertz CT molecular complexity index is 1190. The summed E-state index contributed by atoms with van der Waals surface area (Å²) in [6.45, 7) is 3.48. The number of nitrogens with zero attached hydrogens (tertiary/aromatic N) is 4. The molecule has 8 nitrogen and oxygen atoms in total. The van der Waals surface area contributed by atoms with Gasteiger partial charge in [-0.2, -0.15) is 0 Å². The normalized spacial score (nSPS) is 15.6. The fourth-order valence-corrected chi connectivity index (χ4v) is 4.72. The van der Waals surface area contributed by atoms with E-state index in [-0.39, 0.29) is 5.03 Å². The van der Waals surface area contributed by atoms with Gasteiger partial charge in [-0.1, -0.05) is 6.07 Å². The summed E-state index contributed by atoms with van der Waals surface area (Å²) in [5.41, 5.74) is 3.59. The topological polar surface area (TPSA) is 105 Å². The largest absolute Gasteiger partial charge is 0.465 e. The number of fused-ring (bicyclic) bond motifs is 1. The molecule has 30 heavy (non-hydrogen) atoms. The number of carboxylic acid groups (broad SMARTS) is 1. The first-order valence-electron chi connectivity index (χ1n) is 9.81. The first-order valence-corrected chi connectivity index (χ1v) is 11.7. The van der Waals surface area contributed by atoms with Crippen molar-refractivity contribution in [1.29, 1.82) is 0 Å². The van der Waals surface area contributed by atoms with E-state index in [0.717, 1.165) is 41.3 Å². The number of amides is 1. The predicted molar refractivity (Wildman–Crippen MR) is 112 cm³/mol. The van der Waals surface area contributed by atoms with E-state index in [1.165, 1.54) is 4.90 Å². The Morgan fingerprint density at radius 3 is 2.57 bits per heavy atom. The van der Waals surface area contributed by atoms with E-state index in [2.05, 4.69) is 16.0 Å².